The van der Waals surface area contributed by atoms with Gasteiger partial charge in [0.1, 0.15) is 17.6 Å². The van der Waals surface area contributed by atoms with Gasteiger partial charge >= 0.3 is 0 Å². The summed E-state index contributed by atoms with van der Waals surface area (Å²) in [5, 5.41) is 13.0. The van der Waals surface area contributed by atoms with Gasteiger partial charge in [0, 0.05) is 37.2 Å². The van der Waals surface area contributed by atoms with Gasteiger partial charge in [-0.1, -0.05) is 38.3 Å². The number of aliphatic hydroxyl groups excluding tert-OH is 1. The Hall–Kier alpha value is -3.10. The largest absolute Gasteiger partial charge is 0.497 e. The first-order valence-electron chi connectivity index (χ1n) is 14.1. The molecule has 0 saturated heterocycles. The van der Waals surface area contributed by atoms with Crippen molar-refractivity contribution in [1.82, 2.24) is 9.80 Å². The predicted octanol–water partition coefficient (Wildman–Crippen LogP) is 4.57. The molecule has 0 unspecified atom stereocenters. The Kier molecular flexibility index (Phi) is 9.86. The van der Waals surface area contributed by atoms with Gasteiger partial charge in [0.25, 0.3) is 5.91 Å². The maximum Gasteiger partial charge on any atom is 0.258 e. The Morgan fingerprint density at radius 3 is 2.56 bits per heavy atom. The molecule has 2 aromatic rings. The number of hydrogen-bond acceptors (Lipinski definition) is 6. The van der Waals surface area contributed by atoms with Gasteiger partial charge in [-0.2, -0.15) is 0 Å². The zero-order valence-electron chi connectivity index (χ0n) is 23.7. The van der Waals surface area contributed by atoms with Crippen LogP contribution in [-0.2, 0) is 11.3 Å². The van der Waals surface area contributed by atoms with E-state index in [1.165, 1.54) is 12.0 Å². The number of anilines is 1. The van der Waals surface area contributed by atoms with Crippen LogP contribution in [0.25, 0.3) is 0 Å². The summed E-state index contributed by atoms with van der Waals surface area (Å²) in [4.78, 5) is 30.5. The molecule has 1 heterocycles. The van der Waals surface area contributed by atoms with Crippen LogP contribution in [0.5, 0.6) is 11.5 Å². The first-order valence-corrected chi connectivity index (χ1v) is 14.1. The lowest BCUT2D eigenvalue weighted by Gasteiger charge is -2.38. The second kappa shape index (κ2) is 13.3. The van der Waals surface area contributed by atoms with E-state index >= 15 is 0 Å². The van der Waals surface area contributed by atoms with E-state index in [1.807, 2.05) is 25.1 Å². The number of benzene rings is 2. The Bertz CT molecular complexity index is 1120. The summed E-state index contributed by atoms with van der Waals surface area (Å²) in [6.45, 7) is 5.66. The average molecular weight is 538 g/mol. The maximum absolute atomic E-state index is 13.7. The third kappa shape index (κ3) is 7.31. The Balaban J connectivity index is 1.55. The molecule has 3 atom stereocenters. The van der Waals surface area contributed by atoms with Crippen molar-refractivity contribution in [1.29, 1.82) is 0 Å². The van der Waals surface area contributed by atoms with Crippen LogP contribution in [0, 0.1) is 11.8 Å². The molecule has 2 aliphatic rings. The molecule has 0 bridgehead atoms. The van der Waals surface area contributed by atoms with Gasteiger partial charge in [0.2, 0.25) is 5.91 Å². The van der Waals surface area contributed by atoms with Crippen LogP contribution in [0.15, 0.2) is 42.5 Å². The van der Waals surface area contributed by atoms with Crippen LogP contribution in [0.4, 0.5) is 5.69 Å². The van der Waals surface area contributed by atoms with Gasteiger partial charge in [-0.25, -0.2) is 0 Å². The number of amides is 2. The van der Waals surface area contributed by atoms with Gasteiger partial charge in [0.15, 0.2) is 0 Å². The molecule has 0 radical (unpaired) electrons. The van der Waals surface area contributed by atoms with Crippen LogP contribution < -0.4 is 14.8 Å². The lowest BCUT2D eigenvalue weighted by molar-refractivity contribution is -0.120. The first-order chi connectivity index (χ1) is 18.8. The minimum absolute atomic E-state index is 0.0149. The van der Waals surface area contributed by atoms with Gasteiger partial charge in [-0.15, -0.1) is 0 Å². The second-order valence-corrected chi connectivity index (χ2v) is 11.2. The Labute approximate surface area is 232 Å². The number of methoxy groups -OCH3 is 1. The molecule has 1 aliphatic carbocycles. The van der Waals surface area contributed by atoms with Crippen molar-refractivity contribution in [2.45, 2.75) is 64.6 Å². The van der Waals surface area contributed by atoms with Crippen molar-refractivity contribution < 1.29 is 24.2 Å². The number of nitrogens with zero attached hydrogens (tertiary/aromatic N) is 2. The minimum Gasteiger partial charge on any atom is -0.497 e. The molecule has 0 spiro atoms. The molecule has 1 saturated carbocycles. The normalized spacial score (nSPS) is 21.0. The standard InChI is InChI=1S/C31H43N3O5/c1-21-17-34(22(2)20-35)31(37)27-16-25(32-30(36)24-8-6-5-7-9-24)12-15-28(27)39-29(21)19-33(3)18-23-10-13-26(38-4)14-11-23/h10-16,21-22,24,29,35H,5-9,17-20H2,1-4H3,(H,32,36)/t21-,22-,29+/m1/s1. The lowest BCUT2D eigenvalue weighted by Crippen LogP contribution is -2.49. The molecule has 2 N–H and O–H groups in total. The molecule has 1 aliphatic heterocycles. The summed E-state index contributed by atoms with van der Waals surface area (Å²) in [5.74, 6) is 1.19. The molecule has 39 heavy (non-hydrogen) atoms. The highest BCUT2D eigenvalue weighted by atomic mass is 16.5. The van der Waals surface area contributed by atoms with E-state index in [0.717, 1.165) is 38.0 Å². The van der Waals surface area contributed by atoms with Crippen molar-refractivity contribution in [3.63, 3.8) is 0 Å². The van der Waals surface area contributed by atoms with Gasteiger partial charge in [-0.05, 0) is 62.7 Å². The lowest BCUT2D eigenvalue weighted by atomic mass is 9.88. The van der Waals surface area contributed by atoms with E-state index < -0.39 is 0 Å². The molecular formula is C31H43N3O5. The summed E-state index contributed by atoms with van der Waals surface area (Å²) in [5.41, 5.74) is 2.17. The van der Waals surface area contributed by atoms with E-state index in [-0.39, 0.29) is 42.4 Å². The number of fused-ring (bicyclic) bond motifs is 1. The van der Waals surface area contributed by atoms with Crippen LogP contribution in [-0.4, -0.2) is 72.7 Å². The number of carbonyl (C=O) groups excluding carboxylic acids is 2. The number of likely N-dealkylation sites (N-methyl/N-ethyl adjacent to an activating group) is 1. The number of hydrogen-bond donors (Lipinski definition) is 2. The number of nitrogens with one attached hydrogen (secondary N) is 1. The minimum atomic E-state index is -0.343. The number of carbonyl (C=O) groups is 2. The predicted molar refractivity (Wildman–Crippen MR) is 152 cm³/mol. The van der Waals surface area contributed by atoms with Crippen LogP contribution in [0.3, 0.4) is 0 Å². The monoisotopic (exact) mass is 537 g/mol. The van der Waals surface area contributed by atoms with E-state index in [9.17, 15) is 14.7 Å². The summed E-state index contributed by atoms with van der Waals surface area (Å²) in [6.07, 6.45) is 4.97. The summed E-state index contributed by atoms with van der Waals surface area (Å²) in [7, 11) is 3.72. The molecular weight excluding hydrogens is 494 g/mol. The quantitative estimate of drug-likeness (QED) is 0.487. The third-order valence-corrected chi connectivity index (χ3v) is 8.01. The SMILES string of the molecule is COc1ccc(CN(C)C[C@@H]2Oc3ccc(NC(=O)C4CCCCC4)cc3C(=O)N([C@H](C)CO)C[C@H]2C)cc1. The van der Waals surface area contributed by atoms with Crippen LogP contribution in [0.1, 0.15) is 61.9 Å². The highest BCUT2D eigenvalue weighted by Gasteiger charge is 2.34. The Morgan fingerprint density at radius 1 is 1.18 bits per heavy atom. The summed E-state index contributed by atoms with van der Waals surface area (Å²) < 4.78 is 11.8. The maximum atomic E-state index is 13.7. The average Bonchev–Trinajstić information content (AvgIpc) is 2.95. The molecule has 8 heteroatoms. The van der Waals surface area contributed by atoms with Crippen LogP contribution >= 0.6 is 0 Å². The van der Waals surface area contributed by atoms with Gasteiger partial charge in [-0.3, -0.25) is 14.5 Å². The van der Waals surface area contributed by atoms with Crippen molar-refractivity contribution in [3.05, 3.63) is 53.6 Å². The summed E-state index contributed by atoms with van der Waals surface area (Å²) >= 11 is 0. The molecule has 0 aromatic heterocycles. The van der Waals surface area contributed by atoms with Crippen molar-refractivity contribution in [2.75, 3.05) is 39.2 Å². The topological polar surface area (TPSA) is 91.3 Å². The second-order valence-electron chi connectivity index (χ2n) is 11.2. The molecule has 1 fully saturated rings. The van der Waals surface area contributed by atoms with Crippen molar-refractivity contribution in [2.24, 2.45) is 11.8 Å². The van der Waals surface area contributed by atoms with E-state index in [0.29, 0.717) is 30.1 Å². The number of ether oxygens (including phenoxy) is 2. The van der Waals surface area contributed by atoms with Crippen molar-refractivity contribution >= 4 is 17.5 Å². The van der Waals surface area contributed by atoms with Gasteiger partial charge in [0.05, 0.1) is 25.3 Å². The molecule has 2 aromatic carbocycles. The van der Waals surface area contributed by atoms with Gasteiger partial charge < -0.3 is 24.8 Å². The smallest absolute Gasteiger partial charge is 0.258 e. The Morgan fingerprint density at radius 2 is 1.90 bits per heavy atom. The number of aliphatic hydroxyl groups is 1. The van der Waals surface area contributed by atoms with Crippen molar-refractivity contribution in [3.8, 4) is 11.5 Å². The molecule has 212 valence electrons. The number of rotatable bonds is 9. The van der Waals surface area contributed by atoms with E-state index in [1.54, 1.807) is 24.1 Å². The highest BCUT2D eigenvalue weighted by Crippen LogP contribution is 2.32. The molecule has 8 nitrogen and oxygen atoms in total. The fourth-order valence-corrected chi connectivity index (χ4v) is 5.54. The molecule has 2 amide bonds. The van der Waals surface area contributed by atoms with Crippen LogP contribution in [0.2, 0.25) is 0 Å². The third-order valence-electron chi connectivity index (χ3n) is 8.01. The zero-order chi connectivity index (χ0) is 27.9. The molecule has 4 rings (SSSR count). The van der Waals surface area contributed by atoms with E-state index in [4.69, 9.17) is 9.47 Å². The first kappa shape index (κ1) is 28.9. The highest BCUT2D eigenvalue weighted by molar-refractivity contribution is 6.00. The fraction of sp³-hybridized carbons (Fsp3) is 0.548. The van der Waals surface area contributed by atoms with E-state index in [2.05, 4.69) is 36.3 Å². The fourth-order valence-electron chi connectivity index (χ4n) is 5.54. The summed E-state index contributed by atoms with van der Waals surface area (Å²) in [6, 6.07) is 13.0. The zero-order valence-corrected chi connectivity index (χ0v) is 23.7.